The molecule has 4 aliphatic rings. The molecule has 0 aromatic heterocycles. The molecule has 0 saturated heterocycles. The van der Waals surface area contributed by atoms with Crippen molar-refractivity contribution >= 4 is 0 Å². The Kier molecular flexibility index (Phi) is 4.00. The van der Waals surface area contributed by atoms with Crippen molar-refractivity contribution in [1.82, 2.24) is 5.32 Å². The largest absolute Gasteiger partial charge is 0.508 e. The Morgan fingerprint density at radius 3 is 2.93 bits per heavy atom. The lowest BCUT2D eigenvalue weighted by Crippen LogP contribution is -2.46. The van der Waals surface area contributed by atoms with Crippen LogP contribution in [0.25, 0.3) is 0 Å². The van der Waals surface area contributed by atoms with E-state index in [9.17, 15) is 5.11 Å². The lowest BCUT2D eigenvalue weighted by molar-refractivity contribution is 0.0827. The summed E-state index contributed by atoms with van der Waals surface area (Å²) in [5.41, 5.74) is 4.77. The maximum atomic E-state index is 10.2. The number of aryl methyl sites for hydroxylation is 1. The van der Waals surface area contributed by atoms with E-state index in [-0.39, 0.29) is 0 Å². The van der Waals surface area contributed by atoms with E-state index < -0.39 is 0 Å². The highest BCUT2D eigenvalue weighted by molar-refractivity contribution is 5.41. The van der Waals surface area contributed by atoms with Crippen LogP contribution in [0.3, 0.4) is 0 Å². The molecule has 3 fully saturated rings. The summed E-state index contributed by atoms with van der Waals surface area (Å²) in [4.78, 5) is 0. The highest BCUT2D eigenvalue weighted by atomic mass is 16.5. The molecule has 29 heavy (non-hydrogen) atoms. The van der Waals surface area contributed by atoms with Gasteiger partial charge in [0.2, 0.25) is 0 Å². The predicted molar refractivity (Wildman–Crippen MR) is 114 cm³/mol. The highest BCUT2D eigenvalue weighted by Gasteiger charge is 2.69. The summed E-state index contributed by atoms with van der Waals surface area (Å²) in [5.74, 6) is 4.67. The molecular weight excluding hydrogens is 358 g/mol. The van der Waals surface area contributed by atoms with E-state index in [1.54, 1.807) is 18.7 Å². The van der Waals surface area contributed by atoms with Crippen molar-refractivity contribution < 1.29 is 9.84 Å². The number of ether oxygens (including phenoxy) is 1. The smallest absolute Gasteiger partial charge is 0.120 e. The minimum atomic E-state index is 0.417. The summed E-state index contributed by atoms with van der Waals surface area (Å²) in [6.07, 6.45) is 8.07. The summed E-state index contributed by atoms with van der Waals surface area (Å²) in [6.45, 7) is 0.780. The third-order valence-corrected chi connectivity index (χ3v) is 8.86. The molecule has 2 aromatic rings. The lowest BCUT2D eigenvalue weighted by Gasteiger charge is -2.48. The van der Waals surface area contributed by atoms with Crippen molar-refractivity contribution in [2.45, 2.75) is 57.0 Å². The zero-order valence-electron chi connectivity index (χ0n) is 17.2. The Bertz CT molecular complexity index is 940. The molecule has 0 radical (unpaired) electrons. The van der Waals surface area contributed by atoms with E-state index in [2.05, 4.69) is 23.5 Å². The number of hydrogen-bond donors (Lipinski definition) is 2. The number of nitrogens with one attached hydrogen (secondary N) is 1. The number of methoxy groups -OCH3 is 1. The van der Waals surface area contributed by atoms with Crippen LogP contribution < -0.4 is 10.1 Å². The normalized spacial score (nSPS) is 36.5. The molecule has 3 nitrogen and oxygen atoms in total. The molecule has 0 aliphatic heterocycles. The van der Waals surface area contributed by atoms with Gasteiger partial charge in [0.15, 0.2) is 0 Å². The van der Waals surface area contributed by atoms with Gasteiger partial charge in [0.05, 0.1) is 7.11 Å². The van der Waals surface area contributed by atoms with E-state index >= 15 is 0 Å². The second kappa shape index (κ2) is 6.50. The number of rotatable bonds is 4. The minimum absolute atomic E-state index is 0.417. The Hall–Kier alpha value is -2.00. The van der Waals surface area contributed by atoms with Crippen molar-refractivity contribution in [3.8, 4) is 11.5 Å². The van der Waals surface area contributed by atoms with Crippen molar-refractivity contribution in [1.29, 1.82) is 0 Å². The van der Waals surface area contributed by atoms with Crippen molar-refractivity contribution in [2.75, 3.05) is 7.11 Å². The molecule has 3 unspecified atom stereocenters. The summed E-state index contributed by atoms with van der Waals surface area (Å²) < 4.78 is 5.48. The van der Waals surface area contributed by atoms with Crippen molar-refractivity contribution in [3.63, 3.8) is 0 Å². The Morgan fingerprint density at radius 2 is 2.07 bits per heavy atom. The SMILES string of the molecule is COc1ccc2c(c1)CCC1C2CC[C@]23C[C@H]2C[C@@H](NCc2ccccc2O)C13. The van der Waals surface area contributed by atoms with Crippen LogP contribution >= 0.6 is 0 Å². The van der Waals surface area contributed by atoms with Crippen LogP contribution in [-0.2, 0) is 13.0 Å². The van der Waals surface area contributed by atoms with Crippen LogP contribution in [-0.4, -0.2) is 18.3 Å². The highest BCUT2D eigenvalue weighted by Crippen LogP contribution is 2.75. The van der Waals surface area contributed by atoms with Gasteiger partial charge in [0.25, 0.3) is 0 Å². The molecule has 0 bridgehead atoms. The quantitative estimate of drug-likeness (QED) is 0.771. The van der Waals surface area contributed by atoms with E-state index in [1.807, 2.05) is 18.2 Å². The Balaban J connectivity index is 1.26. The second-order valence-electron chi connectivity index (χ2n) is 9.92. The number of phenolic OH excluding ortho intramolecular Hbond substituents is 1. The minimum Gasteiger partial charge on any atom is -0.508 e. The molecule has 4 aliphatic carbocycles. The molecule has 3 heteroatoms. The third-order valence-electron chi connectivity index (χ3n) is 8.86. The van der Waals surface area contributed by atoms with Crippen LogP contribution in [0.5, 0.6) is 11.5 Å². The van der Waals surface area contributed by atoms with Crippen LogP contribution in [0.4, 0.5) is 0 Å². The summed E-state index contributed by atoms with van der Waals surface area (Å²) in [6, 6.07) is 15.2. The van der Waals surface area contributed by atoms with Gasteiger partial charge in [-0.3, -0.25) is 0 Å². The van der Waals surface area contributed by atoms with Gasteiger partial charge in [-0.05, 0) is 96.9 Å². The summed E-state index contributed by atoms with van der Waals surface area (Å²) >= 11 is 0. The fraction of sp³-hybridized carbons (Fsp3) is 0.538. The number of para-hydroxylation sites is 1. The molecule has 6 rings (SSSR count). The van der Waals surface area contributed by atoms with E-state index in [0.717, 1.165) is 35.6 Å². The first-order valence-corrected chi connectivity index (χ1v) is 11.4. The maximum Gasteiger partial charge on any atom is 0.120 e. The standard InChI is InChI=1S/C26H31NO2/c1-29-19-7-9-20-16(12-19)6-8-22-21(20)10-11-26-14-18(26)13-23(25(22)26)27-15-17-4-2-3-5-24(17)28/h2-5,7,9,12,18,21-23,25,27-28H,6,8,10-11,13-15H2,1H3/t18-,21?,22?,23-,25?,26+/m1/s1. The molecule has 2 N–H and O–H groups in total. The maximum absolute atomic E-state index is 10.2. The molecule has 2 aromatic carbocycles. The first-order chi connectivity index (χ1) is 14.2. The third kappa shape index (κ3) is 2.66. The molecule has 0 heterocycles. The Morgan fingerprint density at radius 1 is 1.17 bits per heavy atom. The monoisotopic (exact) mass is 389 g/mol. The van der Waals surface area contributed by atoms with Gasteiger partial charge < -0.3 is 15.2 Å². The fourth-order valence-electron chi connectivity index (χ4n) is 7.55. The first kappa shape index (κ1) is 17.8. The van der Waals surface area contributed by atoms with E-state index in [1.165, 1.54) is 44.1 Å². The van der Waals surface area contributed by atoms with E-state index in [0.29, 0.717) is 23.1 Å². The van der Waals surface area contributed by atoms with Crippen LogP contribution in [0, 0.1) is 23.2 Å². The topological polar surface area (TPSA) is 41.5 Å². The molecule has 1 spiro atoms. The summed E-state index contributed by atoms with van der Waals surface area (Å²) in [7, 11) is 1.77. The molecule has 3 saturated carbocycles. The number of benzene rings is 2. The summed E-state index contributed by atoms with van der Waals surface area (Å²) in [5, 5.41) is 14.1. The van der Waals surface area contributed by atoms with Gasteiger partial charge in [0, 0.05) is 18.2 Å². The molecular formula is C26H31NO2. The Labute approximate surface area is 173 Å². The fourth-order valence-corrected chi connectivity index (χ4v) is 7.55. The van der Waals surface area contributed by atoms with E-state index in [4.69, 9.17) is 4.74 Å². The van der Waals surface area contributed by atoms with Crippen LogP contribution in [0.15, 0.2) is 42.5 Å². The lowest BCUT2D eigenvalue weighted by atomic mass is 9.58. The molecule has 0 amide bonds. The molecule has 152 valence electrons. The second-order valence-corrected chi connectivity index (χ2v) is 9.92. The van der Waals surface area contributed by atoms with Gasteiger partial charge in [-0.25, -0.2) is 0 Å². The average Bonchev–Trinajstić information content (AvgIpc) is 3.33. The number of hydrogen-bond acceptors (Lipinski definition) is 3. The van der Waals surface area contributed by atoms with Crippen LogP contribution in [0.1, 0.15) is 54.7 Å². The van der Waals surface area contributed by atoms with Gasteiger partial charge in [-0.1, -0.05) is 24.3 Å². The number of fused-ring (bicyclic) bond motifs is 4. The first-order valence-electron chi connectivity index (χ1n) is 11.4. The zero-order valence-corrected chi connectivity index (χ0v) is 17.2. The van der Waals surface area contributed by atoms with Crippen molar-refractivity contribution in [2.24, 2.45) is 23.2 Å². The van der Waals surface area contributed by atoms with Gasteiger partial charge in [0.1, 0.15) is 11.5 Å². The number of aromatic hydroxyl groups is 1. The van der Waals surface area contributed by atoms with Gasteiger partial charge in [-0.15, -0.1) is 0 Å². The zero-order chi connectivity index (χ0) is 19.6. The molecule has 6 atom stereocenters. The predicted octanol–water partition coefficient (Wildman–Crippen LogP) is 5.03. The van der Waals surface area contributed by atoms with Gasteiger partial charge >= 0.3 is 0 Å². The number of phenols is 1. The average molecular weight is 390 g/mol. The van der Waals surface area contributed by atoms with Crippen LogP contribution in [0.2, 0.25) is 0 Å². The van der Waals surface area contributed by atoms with Crippen molar-refractivity contribution in [3.05, 3.63) is 59.2 Å². The van der Waals surface area contributed by atoms with Gasteiger partial charge in [-0.2, -0.15) is 0 Å².